The highest BCUT2D eigenvalue weighted by Gasteiger charge is 2.13. The molecule has 100 valence electrons. The summed E-state index contributed by atoms with van der Waals surface area (Å²) in [5.74, 6) is 0.830. The van der Waals surface area contributed by atoms with Gasteiger partial charge >= 0.3 is 0 Å². The van der Waals surface area contributed by atoms with Crippen molar-refractivity contribution in [3.05, 3.63) is 63.1 Å². The zero-order chi connectivity index (χ0) is 13.8. The summed E-state index contributed by atoms with van der Waals surface area (Å²) in [6.07, 6.45) is 0. The summed E-state index contributed by atoms with van der Waals surface area (Å²) in [7, 11) is 0. The van der Waals surface area contributed by atoms with E-state index in [0.29, 0.717) is 11.6 Å². The molecule has 0 amide bonds. The van der Waals surface area contributed by atoms with Gasteiger partial charge in [0.2, 0.25) is 0 Å². The molecule has 2 aromatic rings. The van der Waals surface area contributed by atoms with Crippen LogP contribution in [-0.2, 0) is 0 Å². The Bertz CT molecular complexity index is 574. The minimum Gasteiger partial charge on any atom is -0.494 e. The molecule has 0 bridgehead atoms. The molecule has 0 aromatic heterocycles. The Morgan fingerprint density at radius 2 is 2.05 bits per heavy atom. The Kier molecular flexibility index (Phi) is 4.86. The van der Waals surface area contributed by atoms with Gasteiger partial charge in [-0.25, -0.2) is 0 Å². The maximum atomic E-state index is 6.28. The van der Waals surface area contributed by atoms with Gasteiger partial charge in [0.25, 0.3) is 0 Å². The van der Waals surface area contributed by atoms with Crippen molar-refractivity contribution in [1.82, 2.24) is 0 Å². The monoisotopic (exact) mass is 339 g/mol. The van der Waals surface area contributed by atoms with E-state index in [1.807, 2.05) is 49.4 Å². The third-order valence-electron chi connectivity index (χ3n) is 2.83. The van der Waals surface area contributed by atoms with Crippen molar-refractivity contribution in [2.75, 3.05) is 6.61 Å². The number of nitrogens with two attached hydrogens (primary N) is 1. The van der Waals surface area contributed by atoms with Crippen LogP contribution in [0.25, 0.3) is 0 Å². The zero-order valence-corrected chi connectivity index (χ0v) is 12.9. The molecule has 0 aliphatic rings. The van der Waals surface area contributed by atoms with Gasteiger partial charge in [0.05, 0.1) is 12.6 Å². The summed E-state index contributed by atoms with van der Waals surface area (Å²) in [4.78, 5) is 0. The summed E-state index contributed by atoms with van der Waals surface area (Å²) < 4.78 is 6.39. The topological polar surface area (TPSA) is 35.2 Å². The Morgan fingerprint density at radius 3 is 2.68 bits per heavy atom. The minimum absolute atomic E-state index is 0.219. The maximum absolute atomic E-state index is 6.28. The van der Waals surface area contributed by atoms with Crippen LogP contribution in [0.3, 0.4) is 0 Å². The average molecular weight is 341 g/mol. The third kappa shape index (κ3) is 3.50. The van der Waals surface area contributed by atoms with Crippen LogP contribution < -0.4 is 10.5 Å². The molecule has 0 radical (unpaired) electrons. The summed E-state index contributed by atoms with van der Waals surface area (Å²) in [5, 5.41) is 0.690. The van der Waals surface area contributed by atoms with E-state index in [1.54, 1.807) is 0 Å². The van der Waals surface area contributed by atoms with Gasteiger partial charge in [-0.1, -0.05) is 45.7 Å². The van der Waals surface area contributed by atoms with Crippen LogP contribution in [0.15, 0.2) is 46.9 Å². The van der Waals surface area contributed by atoms with Crippen molar-refractivity contribution >= 4 is 27.5 Å². The van der Waals surface area contributed by atoms with E-state index in [2.05, 4.69) is 15.9 Å². The number of halogens is 2. The van der Waals surface area contributed by atoms with Gasteiger partial charge in [-0.2, -0.15) is 0 Å². The highest BCUT2D eigenvalue weighted by molar-refractivity contribution is 9.10. The second kappa shape index (κ2) is 6.42. The largest absolute Gasteiger partial charge is 0.494 e. The lowest BCUT2D eigenvalue weighted by atomic mass is 10.00. The van der Waals surface area contributed by atoms with E-state index in [4.69, 9.17) is 22.1 Å². The van der Waals surface area contributed by atoms with Crippen LogP contribution in [0.2, 0.25) is 5.02 Å². The molecular weight excluding hydrogens is 326 g/mol. The fraction of sp³-hybridized carbons (Fsp3) is 0.200. The molecule has 2 N–H and O–H groups in total. The van der Waals surface area contributed by atoms with Gasteiger partial charge in [-0.05, 0) is 42.3 Å². The van der Waals surface area contributed by atoms with Crippen LogP contribution in [-0.4, -0.2) is 6.61 Å². The molecule has 0 spiro atoms. The van der Waals surface area contributed by atoms with Crippen molar-refractivity contribution in [2.24, 2.45) is 5.73 Å². The summed E-state index contributed by atoms with van der Waals surface area (Å²) in [5.41, 5.74) is 8.27. The first-order valence-electron chi connectivity index (χ1n) is 6.05. The first-order chi connectivity index (χ1) is 9.11. The number of hydrogen-bond donors (Lipinski definition) is 1. The van der Waals surface area contributed by atoms with Crippen molar-refractivity contribution < 1.29 is 4.74 Å². The lowest BCUT2D eigenvalue weighted by Gasteiger charge is -2.15. The Balaban J connectivity index is 2.31. The van der Waals surface area contributed by atoms with Gasteiger partial charge in [0.15, 0.2) is 0 Å². The van der Waals surface area contributed by atoms with Gasteiger partial charge in [-0.15, -0.1) is 0 Å². The highest BCUT2D eigenvalue weighted by Crippen LogP contribution is 2.30. The zero-order valence-electron chi connectivity index (χ0n) is 10.6. The Labute approximate surface area is 126 Å². The lowest BCUT2D eigenvalue weighted by Crippen LogP contribution is -2.12. The number of benzene rings is 2. The molecule has 2 rings (SSSR count). The summed E-state index contributed by atoms with van der Waals surface area (Å²) in [6.45, 7) is 2.60. The molecule has 0 saturated carbocycles. The van der Waals surface area contributed by atoms with Crippen molar-refractivity contribution in [2.45, 2.75) is 13.0 Å². The van der Waals surface area contributed by atoms with E-state index in [0.717, 1.165) is 21.3 Å². The number of rotatable bonds is 4. The molecule has 4 heteroatoms. The van der Waals surface area contributed by atoms with Crippen LogP contribution in [0.1, 0.15) is 24.1 Å². The summed E-state index contributed by atoms with van der Waals surface area (Å²) in [6, 6.07) is 13.2. The molecule has 1 atom stereocenters. The Hall–Kier alpha value is -1.03. The molecule has 2 aromatic carbocycles. The fourth-order valence-corrected chi connectivity index (χ4v) is 2.70. The predicted molar refractivity (Wildman–Crippen MR) is 82.8 cm³/mol. The molecule has 2 nitrogen and oxygen atoms in total. The fourth-order valence-electron chi connectivity index (χ4n) is 1.90. The quantitative estimate of drug-likeness (QED) is 0.886. The van der Waals surface area contributed by atoms with Crippen LogP contribution >= 0.6 is 27.5 Å². The Morgan fingerprint density at radius 1 is 1.26 bits per heavy atom. The van der Waals surface area contributed by atoms with Crippen LogP contribution in [0.5, 0.6) is 5.75 Å². The molecular formula is C15H15BrClNO. The molecule has 0 saturated heterocycles. The van der Waals surface area contributed by atoms with Crippen molar-refractivity contribution in [3.63, 3.8) is 0 Å². The van der Waals surface area contributed by atoms with Crippen molar-refractivity contribution in [1.29, 1.82) is 0 Å². The molecule has 1 unspecified atom stereocenters. The first-order valence-corrected chi connectivity index (χ1v) is 7.22. The van der Waals surface area contributed by atoms with E-state index >= 15 is 0 Å². The van der Waals surface area contributed by atoms with E-state index in [-0.39, 0.29) is 6.04 Å². The standard InChI is InChI=1S/C15H15BrClNO/c1-2-19-12-6-7-13(14(16)9-12)15(18)10-4-3-5-11(17)8-10/h3-9,15H,2,18H2,1H3. The van der Waals surface area contributed by atoms with E-state index in [1.165, 1.54) is 0 Å². The molecule has 0 heterocycles. The molecule has 0 aliphatic carbocycles. The first kappa shape index (κ1) is 14.4. The molecule has 19 heavy (non-hydrogen) atoms. The van der Waals surface area contributed by atoms with Gasteiger partial charge < -0.3 is 10.5 Å². The number of ether oxygens (including phenoxy) is 1. The maximum Gasteiger partial charge on any atom is 0.120 e. The average Bonchev–Trinajstić information content (AvgIpc) is 2.38. The normalized spacial score (nSPS) is 12.2. The minimum atomic E-state index is -0.219. The predicted octanol–water partition coefficient (Wildman–Crippen LogP) is 4.55. The second-order valence-corrected chi connectivity index (χ2v) is 5.44. The van der Waals surface area contributed by atoms with Gasteiger partial charge in [0.1, 0.15) is 5.75 Å². The molecule has 0 fully saturated rings. The highest BCUT2D eigenvalue weighted by atomic mass is 79.9. The number of hydrogen-bond acceptors (Lipinski definition) is 2. The van der Waals surface area contributed by atoms with Crippen molar-refractivity contribution in [3.8, 4) is 5.75 Å². The molecule has 0 aliphatic heterocycles. The second-order valence-electron chi connectivity index (χ2n) is 4.15. The smallest absolute Gasteiger partial charge is 0.120 e. The van der Waals surface area contributed by atoms with E-state index in [9.17, 15) is 0 Å². The summed E-state index contributed by atoms with van der Waals surface area (Å²) >= 11 is 9.54. The van der Waals surface area contributed by atoms with Crippen LogP contribution in [0.4, 0.5) is 0 Å². The van der Waals surface area contributed by atoms with Gasteiger partial charge in [0, 0.05) is 9.50 Å². The third-order valence-corrected chi connectivity index (χ3v) is 3.75. The van der Waals surface area contributed by atoms with Gasteiger partial charge in [-0.3, -0.25) is 0 Å². The lowest BCUT2D eigenvalue weighted by molar-refractivity contribution is 0.340. The SMILES string of the molecule is CCOc1ccc(C(N)c2cccc(Cl)c2)c(Br)c1. The van der Waals surface area contributed by atoms with E-state index < -0.39 is 0 Å². The van der Waals surface area contributed by atoms with Crippen LogP contribution in [0, 0.1) is 0 Å².